The lowest BCUT2D eigenvalue weighted by Crippen LogP contribution is -2.04. The lowest BCUT2D eigenvalue weighted by molar-refractivity contribution is 0.787. The molecule has 2 aromatic heterocycles. The largest absolute Gasteiger partial charge is 0.370 e. The number of hydrogen-bond acceptors (Lipinski definition) is 6. The highest BCUT2D eigenvalue weighted by atomic mass is 32.2. The molecule has 0 bridgehead atoms. The van der Waals surface area contributed by atoms with Crippen LogP contribution in [0.1, 0.15) is 18.4 Å². The normalized spacial score (nSPS) is 10.6. The van der Waals surface area contributed by atoms with E-state index in [-0.39, 0.29) is 0 Å². The Hall–Kier alpha value is -1.63. The summed E-state index contributed by atoms with van der Waals surface area (Å²) in [5.41, 5.74) is 0.967. The summed E-state index contributed by atoms with van der Waals surface area (Å²) in [7, 11) is 1.92. The zero-order chi connectivity index (χ0) is 13.0. The van der Waals surface area contributed by atoms with E-state index in [1.54, 1.807) is 18.1 Å². The van der Waals surface area contributed by atoms with Crippen molar-refractivity contribution in [1.82, 2.24) is 24.7 Å². The summed E-state index contributed by atoms with van der Waals surface area (Å²) in [5.74, 6) is 2.37. The average Bonchev–Trinajstić information content (AvgIpc) is 2.72. The van der Waals surface area contributed by atoms with Gasteiger partial charge in [-0.2, -0.15) is 0 Å². The zero-order valence-electron chi connectivity index (χ0n) is 10.7. The highest BCUT2D eigenvalue weighted by Gasteiger charge is 2.06. The summed E-state index contributed by atoms with van der Waals surface area (Å²) < 4.78 is 1.88. The fourth-order valence-electron chi connectivity index (χ4n) is 1.50. The van der Waals surface area contributed by atoms with Gasteiger partial charge < -0.3 is 9.88 Å². The van der Waals surface area contributed by atoms with E-state index in [0.29, 0.717) is 5.75 Å². The molecule has 96 valence electrons. The molecule has 7 heteroatoms. The molecule has 0 radical (unpaired) electrons. The van der Waals surface area contributed by atoms with E-state index in [1.165, 1.54) is 0 Å². The molecule has 0 atom stereocenters. The van der Waals surface area contributed by atoms with Gasteiger partial charge in [0.2, 0.25) is 0 Å². The van der Waals surface area contributed by atoms with Crippen molar-refractivity contribution in [2.75, 3.05) is 11.9 Å². The zero-order valence-corrected chi connectivity index (χ0v) is 11.5. The number of nitrogens with zero attached hydrogens (tertiary/aromatic N) is 5. The maximum atomic E-state index is 4.45. The fraction of sp³-hybridized carbons (Fsp3) is 0.455. The Morgan fingerprint density at radius 1 is 1.39 bits per heavy atom. The number of rotatable bonds is 5. The van der Waals surface area contributed by atoms with Gasteiger partial charge in [0, 0.05) is 25.4 Å². The Labute approximate surface area is 110 Å². The Morgan fingerprint density at radius 3 is 2.89 bits per heavy atom. The molecule has 1 N–H and O–H groups in total. The molecule has 0 spiro atoms. The van der Waals surface area contributed by atoms with Gasteiger partial charge in [-0.25, -0.2) is 9.97 Å². The first-order valence-electron chi connectivity index (χ1n) is 5.74. The molecule has 0 aliphatic heterocycles. The van der Waals surface area contributed by atoms with Gasteiger partial charge in [0.15, 0.2) is 5.16 Å². The van der Waals surface area contributed by atoms with Crippen LogP contribution in [-0.2, 0) is 12.8 Å². The molecule has 0 aliphatic rings. The highest BCUT2D eigenvalue weighted by Crippen LogP contribution is 2.18. The first-order valence-corrected chi connectivity index (χ1v) is 6.73. The summed E-state index contributed by atoms with van der Waals surface area (Å²) >= 11 is 1.58. The quantitative estimate of drug-likeness (QED) is 0.828. The van der Waals surface area contributed by atoms with Crippen molar-refractivity contribution >= 4 is 17.6 Å². The maximum Gasteiger partial charge on any atom is 0.191 e. The number of thioether (sulfide) groups is 1. The van der Waals surface area contributed by atoms with Crippen LogP contribution in [0.3, 0.4) is 0 Å². The third-order valence-corrected chi connectivity index (χ3v) is 3.29. The van der Waals surface area contributed by atoms with E-state index in [9.17, 15) is 0 Å². The third-order valence-electron chi connectivity index (χ3n) is 2.26. The van der Waals surface area contributed by atoms with Gasteiger partial charge in [-0.05, 0) is 13.8 Å². The molecular weight excluding hydrogens is 248 g/mol. The average molecular weight is 264 g/mol. The Bertz CT molecular complexity index is 524. The van der Waals surface area contributed by atoms with Crippen LogP contribution < -0.4 is 5.32 Å². The second-order valence-corrected chi connectivity index (χ2v) is 4.80. The molecule has 6 nitrogen and oxygen atoms in total. The second-order valence-electron chi connectivity index (χ2n) is 3.85. The van der Waals surface area contributed by atoms with Gasteiger partial charge in [-0.1, -0.05) is 11.8 Å². The van der Waals surface area contributed by atoms with Gasteiger partial charge in [-0.3, -0.25) is 0 Å². The number of hydrogen-bond donors (Lipinski definition) is 1. The minimum Gasteiger partial charge on any atom is -0.370 e. The van der Waals surface area contributed by atoms with Crippen LogP contribution in [-0.4, -0.2) is 31.3 Å². The summed E-state index contributed by atoms with van der Waals surface area (Å²) in [4.78, 5) is 8.87. The predicted molar refractivity (Wildman–Crippen MR) is 71.5 cm³/mol. The van der Waals surface area contributed by atoms with Crippen LogP contribution >= 0.6 is 11.8 Å². The molecule has 0 unspecified atom stereocenters. The summed E-state index contributed by atoms with van der Waals surface area (Å²) in [6, 6.07) is 1.94. The maximum absolute atomic E-state index is 4.45. The van der Waals surface area contributed by atoms with Crippen LogP contribution in [0.5, 0.6) is 0 Å². The van der Waals surface area contributed by atoms with Crippen LogP contribution in [0.4, 0.5) is 5.82 Å². The van der Waals surface area contributed by atoms with E-state index in [0.717, 1.165) is 29.0 Å². The topological polar surface area (TPSA) is 68.5 Å². The van der Waals surface area contributed by atoms with Gasteiger partial charge >= 0.3 is 0 Å². The Balaban J connectivity index is 2.07. The molecule has 18 heavy (non-hydrogen) atoms. The molecule has 0 saturated heterocycles. The molecule has 0 saturated carbocycles. The first-order chi connectivity index (χ1) is 8.69. The summed E-state index contributed by atoms with van der Waals surface area (Å²) in [5, 5.41) is 11.9. The van der Waals surface area contributed by atoms with E-state index in [4.69, 9.17) is 0 Å². The molecule has 2 aromatic rings. The lowest BCUT2D eigenvalue weighted by Gasteiger charge is -2.06. The fourth-order valence-corrected chi connectivity index (χ4v) is 2.24. The molecule has 2 heterocycles. The number of aromatic nitrogens is 5. The monoisotopic (exact) mass is 264 g/mol. The molecule has 2 rings (SSSR count). The van der Waals surface area contributed by atoms with Crippen molar-refractivity contribution in [3.05, 3.63) is 23.9 Å². The SMILES string of the molecule is CCNc1cc(C)nc(CSc2nncn2C)n1. The second kappa shape index (κ2) is 5.81. The summed E-state index contributed by atoms with van der Waals surface area (Å²) in [6.07, 6.45) is 1.68. The van der Waals surface area contributed by atoms with Gasteiger partial charge in [0.1, 0.15) is 18.0 Å². The van der Waals surface area contributed by atoms with Gasteiger partial charge in [0.05, 0.1) is 5.75 Å². The molecular formula is C11H16N6S. The van der Waals surface area contributed by atoms with E-state index in [1.807, 2.05) is 31.5 Å². The highest BCUT2D eigenvalue weighted by molar-refractivity contribution is 7.98. The Kier molecular flexibility index (Phi) is 4.14. The number of aryl methyl sites for hydroxylation is 2. The number of anilines is 1. The lowest BCUT2D eigenvalue weighted by atomic mass is 10.4. The Morgan fingerprint density at radius 2 is 2.22 bits per heavy atom. The number of nitrogens with one attached hydrogen (secondary N) is 1. The van der Waals surface area contributed by atoms with Crippen LogP contribution in [0.15, 0.2) is 17.6 Å². The third kappa shape index (κ3) is 3.19. The minimum absolute atomic E-state index is 0.687. The van der Waals surface area contributed by atoms with Crippen LogP contribution in [0, 0.1) is 6.92 Å². The van der Waals surface area contributed by atoms with Crippen LogP contribution in [0.2, 0.25) is 0 Å². The van der Waals surface area contributed by atoms with Crippen molar-refractivity contribution < 1.29 is 0 Å². The van der Waals surface area contributed by atoms with Gasteiger partial charge in [-0.15, -0.1) is 10.2 Å². The van der Waals surface area contributed by atoms with Crippen molar-refractivity contribution in [3.8, 4) is 0 Å². The van der Waals surface area contributed by atoms with Crippen molar-refractivity contribution in [2.24, 2.45) is 7.05 Å². The van der Waals surface area contributed by atoms with Gasteiger partial charge in [0.25, 0.3) is 0 Å². The van der Waals surface area contributed by atoms with Crippen molar-refractivity contribution in [2.45, 2.75) is 24.8 Å². The molecule has 0 amide bonds. The molecule has 0 aliphatic carbocycles. The molecule has 0 fully saturated rings. The molecule has 0 aromatic carbocycles. The summed E-state index contributed by atoms with van der Waals surface area (Å²) in [6.45, 7) is 4.87. The van der Waals surface area contributed by atoms with E-state index >= 15 is 0 Å². The van der Waals surface area contributed by atoms with Crippen LogP contribution in [0.25, 0.3) is 0 Å². The smallest absolute Gasteiger partial charge is 0.191 e. The first kappa shape index (κ1) is 12.8. The van der Waals surface area contributed by atoms with E-state index in [2.05, 4.69) is 25.5 Å². The standard InChI is InChI=1S/C11H16N6S/c1-4-12-9-5-8(2)14-10(15-9)6-18-11-16-13-7-17(11)3/h5,7H,4,6H2,1-3H3,(H,12,14,15). The van der Waals surface area contributed by atoms with Crippen molar-refractivity contribution in [1.29, 1.82) is 0 Å². The minimum atomic E-state index is 0.687. The predicted octanol–water partition coefficient (Wildman–Crippen LogP) is 1.64. The van der Waals surface area contributed by atoms with E-state index < -0.39 is 0 Å². The van der Waals surface area contributed by atoms with Crippen molar-refractivity contribution in [3.63, 3.8) is 0 Å².